The molecule has 0 spiro atoms. The predicted molar refractivity (Wildman–Crippen MR) is 83.4 cm³/mol. The van der Waals surface area contributed by atoms with Crippen LogP contribution in [0.25, 0.3) is 11.1 Å². The van der Waals surface area contributed by atoms with Crippen molar-refractivity contribution in [3.05, 3.63) is 84.2 Å². The van der Waals surface area contributed by atoms with E-state index < -0.39 is 17.6 Å². The van der Waals surface area contributed by atoms with E-state index >= 15 is 0 Å². The van der Waals surface area contributed by atoms with E-state index in [2.05, 4.69) is 0 Å². The third kappa shape index (κ3) is 3.40. The van der Waals surface area contributed by atoms with Crippen LogP contribution in [-0.4, -0.2) is 0 Å². The molecule has 0 aliphatic heterocycles. The lowest BCUT2D eigenvalue weighted by molar-refractivity contribution is -0.139. The first kappa shape index (κ1) is 16.1. The second kappa shape index (κ2) is 6.35. The van der Waals surface area contributed by atoms with Crippen LogP contribution >= 0.6 is 0 Å². The summed E-state index contributed by atoms with van der Waals surface area (Å²) in [5, 5.41) is 0. The minimum absolute atomic E-state index is 0.232. The van der Waals surface area contributed by atoms with Crippen molar-refractivity contribution < 1.29 is 22.3 Å². The Bertz CT molecular complexity index is 841. The Hall–Kier alpha value is -2.82. The number of para-hydroxylation sites is 2. The lowest BCUT2D eigenvalue weighted by atomic mass is 10.0. The van der Waals surface area contributed by atoms with Gasteiger partial charge in [-0.25, -0.2) is 4.39 Å². The Morgan fingerprint density at radius 1 is 0.750 bits per heavy atom. The maximum Gasteiger partial charge on any atom is 0.419 e. The van der Waals surface area contributed by atoms with Gasteiger partial charge in [-0.1, -0.05) is 42.5 Å². The van der Waals surface area contributed by atoms with E-state index in [0.29, 0.717) is 17.1 Å². The van der Waals surface area contributed by atoms with Gasteiger partial charge < -0.3 is 4.74 Å². The molecule has 0 unspecified atom stereocenters. The number of hydrogen-bond acceptors (Lipinski definition) is 1. The Balaban J connectivity index is 2.05. The normalized spacial score (nSPS) is 11.3. The third-order valence-electron chi connectivity index (χ3n) is 3.44. The molecule has 0 saturated carbocycles. The molecule has 0 atom stereocenters. The predicted octanol–water partition coefficient (Wildman–Crippen LogP) is 6.30. The van der Waals surface area contributed by atoms with Gasteiger partial charge in [0.2, 0.25) is 0 Å². The molecule has 0 aliphatic carbocycles. The fraction of sp³-hybridized carbons (Fsp3) is 0.0526. The standard InChI is InChI=1S/C19H12F4O/c20-17-11-10-13(12-16(17)19(21,22)23)15-8-4-5-9-18(15)24-14-6-2-1-3-7-14/h1-12H. The lowest BCUT2D eigenvalue weighted by Gasteiger charge is -2.14. The summed E-state index contributed by atoms with van der Waals surface area (Å²) in [6.07, 6.45) is -4.75. The van der Waals surface area contributed by atoms with Crippen molar-refractivity contribution >= 4 is 0 Å². The topological polar surface area (TPSA) is 9.23 Å². The van der Waals surface area contributed by atoms with Crippen molar-refractivity contribution in [3.8, 4) is 22.6 Å². The largest absolute Gasteiger partial charge is 0.457 e. The van der Waals surface area contributed by atoms with E-state index in [0.717, 1.165) is 12.1 Å². The molecule has 0 bridgehead atoms. The lowest BCUT2D eigenvalue weighted by Crippen LogP contribution is -2.08. The average molecular weight is 332 g/mol. The number of halogens is 4. The van der Waals surface area contributed by atoms with Gasteiger partial charge in [-0.3, -0.25) is 0 Å². The van der Waals surface area contributed by atoms with Gasteiger partial charge in [0.25, 0.3) is 0 Å². The number of ether oxygens (including phenoxy) is 1. The fourth-order valence-corrected chi connectivity index (χ4v) is 2.32. The molecule has 3 aromatic carbocycles. The molecule has 5 heteroatoms. The highest BCUT2D eigenvalue weighted by Gasteiger charge is 2.34. The summed E-state index contributed by atoms with van der Waals surface area (Å²) >= 11 is 0. The molecular formula is C19H12F4O. The van der Waals surface area contributed by atoms with E-state index in [1.165, 1.54) is 6.07 Å². The van der Waals surface area contributed by atoms with Crippen LogP contribution in [0.3, 0.4) is 0 Å². The van der Waals surface area contributed by atoms with Crippen LogP contribution in [0.15, 0.2) is 72.8 Å². The summed E-state index contributed by atoms with van der Waals surface area (Å²) < 4.78 is 58.0. The van der Waals surface area contributed by atoms with Gasteiger partial charge >= 0.3 is 6.18 Å². The summed E-state index contributed by atoms with van der Waals surface area (Å²) in [7, 11) is 0. The van der Waals surface area contributed by atoms with Crippen molar-refractivity contribution in [2.45, 2.75) is 6.18 Å². The second-order valence-corrected chi connectivity index (χ2v) is 5.10. The number of benzene rings is 3. The Kier molecular flexibility index (Phi) is 4.25. The van der Waals surface area contributed by atoms with Crippen LogP contribution in [0.5, 0.6) is 11.5 Å². The zero-order valence-corrected chi connectivity index (χ0v) is 12.3. The molecule has 0 heterocycles. The Morgan fingerprint density at radius 3 is 2.12 bits per heavy atom. The molecule has 0 fully saturated rings. The van der Waals surface area contributed by atoms with Gasteiger partial charge in [0.1, 0.15) is 17.3 Å². The molecule has 1 nitrogen and oxygen atoms in total. The summed E-state index contributed by atoms with van der Waals surface area (Å²) in [4.78, 5) is 0. The smallest absolute Gasteiger partial charge is 0.419 e. The zero-order valence-electron chi connectivity index (χ0n) is 12.3. The number of rotatable bonds is 3. The van der Waals surface area contributed by atoms with Crippen molar-refractivity contribution in [2.24, 2.45) is 0 Å². The van der Waals surface area contributed by atoms with Gasteiger partial charge in [0, 0.05) is 5.56 Å². The van der Waals surface area contributed by atoms with E-state index in [-0.39, 0.29) is 5.56 Å². The van der Waals surface area contributed by atoms with Crippen LogP contribution in [0.2, 0.25) is 0 Å². The zero-order chi connectivity index (χ0) is 17.2. The maximum absolute atomic E-state index is 13.5. The first-order valence-corrected chi connectivity index (χ1v) is 7.14. The van der Waals surface area contributed by atoms with Crippen molar-refractivity contribution in [3.63, 3.8) is 0 Å². The number of alkyl halides is 3. The molecule has 0 aliphatic rings. The molecule has 0 N–H and O–H groups in total. The van der Waals surface area contributed by atoms with Crippen LogP contribution in [0.4, 0.5) is 17.6 Å². The highest BCUT2D eigenvalue weighted by Crippen LogP contribution is 2.38. The van der Waals surface area contributed by atoms with Gasteiger partial charge in [0.15, 0.2) is 0 Å². The summed E-state index contributed by atoms with van der Waals surface area (Å²) in [5.74, 6) is -0.348. The van der Waals surface area contributed by atoms with Gasteiger partial charge in [-0.2, -0.15) is 13.2 Å². The van der Waals surface area contributed by atoms with Crippen LogP contribution in [0, 0.1) is 5.82 Å². The second-order valence-electron chi connectivity index (χ2n) is 5.10. The molecule has 3 rings (SSSR count). The molecular weight excluding hydrogens is 320 g/mol. The molecule has 122 valence electrons. The minimum Gasteiger partial charge on any atom is -0.457 e. The Labute approximate surface area is 136 Å². The first-order valence-electron chi connectivity index (χ1n) is 7.14. The molecule has 0 saturated heterocycles. The summed E-state index contributed by atoms with van der Waals surface area (Å²) in [5.41, 5.74) is -0.614. The minimum atomic E-state index is -4.75. The number of hydrogen-bond donors (Lipinski definition) is 0. The third-order valence-corrected chi connectivity index (χ3v) is 3.44. The van der Waals surface area contributed by atoms with Crippen molar-refractivity contribution in [1.29, 1.82) is 0 Å². The first-order chi connectivity index (χ1) is 11.4. The van der Waals surface area contributed by atoms with E-state index in [9.17, 15) is 17.6 Å². The molecule has 3 aromatic rings. The highest BCUT2D eigenvalue weighted by atomic mass is 19.4. The van der Waals surface area contributed by atoms with E-state index in [1.807, 2.05) is 6.07 Å². The SMILES string of the molecule is Fc1ccc(-c2ccccc2Oc2ccccc2)cc1C(F)(F)F. The summed E-state index contributed by atoms with van der Waals surface area (Å²) in [6, 6.07) is 18.5. The van der Waals surface area contributed by atoms with E-state index in [1.54, 1.807) is 48.5 Å². The van der Waals surface area contributed by atoms with Gasteiger partial charge in [-0.05, 0) is 35.9 Å². The fourth-order valence-electron chi connectivity index (χ4n) is 2.32. The van der Waals surface area contributed by atoms with Gasteiger partial charge in [-0.15, -0.1) is 0 Å². The highest BCUT2D eigenvalue weighted by molar-refractivity contribution is 5.71. The van der Waals surface area contributed by atoms with Crippen LogP contribution in [-0.2, 0) is 6.18 Å². The van der Waals surface area contributed by atoms with Gasteiger partial charge in [0.05, 0.1) is 5.56 Å². The Morgan fingerprint density at radius 2 is 1.42 bits per heavy atom. The van der Waals surface area contributed by atoms with Crippen LogP contribution < -0.4 is 4.74 Å². The van der Waals surface area contributed by atoms with E-state index in [4.69, 9.17) is 4.74 Å². The average Bonchev–Trinajstić information content (AvgIpc) is 2.56. The molecule has 0 radical (unpaired) electrons. The van der Waals surface area contributed by atoms with Crippen molar-refractivity contribution in [2.75, 3.05) is 0 Å². The van der Waals surface area contributed by atoms with Crippen LogP contribution in [0.1, 0.15) is 5.56 Å². The maximum atomic E-state index is 13.5. The monoisotopic (exact) mass is 332 g/mol. The van der Waals surface area contributed by atoms with Crippen molar-refractivity contribution in [1.82, 2.24) is 0 Å². The quantitative estimate of drug-likeness (QED) is 0.511. The molecule has 24 heavy (non-hydrogen) atoms. The summed E-state index contributed by atoms with van der Waals surface area (Å²) in [6.45, 7) is 0. The molecule has 0 amide bonds. The molecule has 0 aromatic heterocycles.